The summed E-state index contributed by atoms with van der Waals surface area (Å²) in [5, 5.41) is 5.47. The zero-order valence-corrected chi connectivity index (χ0v) is 15.0. The quantitative estimate of drug-likeness (QED) is 0.781. The zero-order chi connectivity index (χ0) is 18.7. The van der Waals surface area contributed by atoms with Gasteiger partial charge in [0.15, 0.2) is 11.5 Å². The van der Waals surface area contributed by atoms with Gasteiger partial charge >= 0.3 is 6.03 Å². The predicted molar refractivity (Wildman–Crippen MR) is 94.2 cm³/mol. The van der Waals surface area contributed by atoms with Crippen molar-refractivity contribution in [1.29, 1.82) is 0 Å². The lowest BCUT2D eigenvalue weighted by Gasteiger charge is -2.30. The SMILES string of the molecule is COc1ccc(NC(=O)CN2C(=O)NC3(CCCCC3)C2=O)cc1OC. The van der Waals surface area contributed by atoms with Crippen LogP contribution in [-0.4, -0.2) is 49.0 Å². The Bertz CT molecular complexity index is 728. The van der Waals surface area contributed by atoms with Gasteiger partial charge in [-0.2, -0.15) is 0 Å². The van der Waals surface area contributed by atoms with Gasteiger partial charge in [-0.1, -0.05) is 19.3 Å². The highest BCUT2D eigenvalue weighted by Gasteiger charge is 2.51. The number of rotatable bonds is 5. The molecule has 1 aliphatic heterocycles. The fourth-order valence-electron chi connectivity index (χ4n) is 3.57. The van der Waals surface area contributed by atoms with Crippen LogP contribution < -0.4 is 20.1 Å². The van der Waals surface area contributed by atoms with Gasteiger partial charge in [0.1, 0.15) is 12.1 Å². The summed E-state index contributed by atoms with van der Waals surface area (Å²) >= 11 is 0. The Morgan fingerprint density at radius 2 is 1.85 bits per heavy atom. The molecule has 1 heterocycles. The number of nitrogens with one attached hydrogen (secondary N) is 2. The molecule has 0 unspecified atom stereocenters. The lowest BCUT2D eigenvalue weighted by atomic mass is 9.82. The van der Waals surface area contributed by atoms with E-state index in [9.17, 15) is 14.4 Å². The van der Waals surface area contributed by atoms with E-state index < -0.39 is 17.5 Å². The van der Waals surface area contributed by atoms with Crippen molar-refractivity contribution in [2.45, 2.75) is 37.6 Å². The largest absolute Gasteiger partial charge is 0.493 e. The molecule has 1 aliphatic carbocycles. The van der Waals surface area contributed by atoms with Gasteiger partial charge in [-0.3, -0.25) is 14.5 Å². The third-order valence-corrected chi connectivity index (χ3v) is 4.92. The maximum Gasteiger partial charge on any atom is 0.325 e. The monoisotopic (exact) mass is 361 g/mol. The first-order valence-electron chi connectivity index (χ1n) is 8.65. The van der Waals surface area contributed by atoms with Crippen LogP contribution in [0, 0.1) is 0 Å². The molecule has 0 bridgehead atoms. The maximum atomic E-state index is 12.7. The van der Waals surface area contributed by atoms with Gasteiger partial charge < -0.3 is 20.1 Å². The molecule has 1 saturated heterocycles. The summed E-state index contributed by atoms with van der Waals surface area (Å²) in [5.41, 5.74) is -0.328. The minimum Gasteiger partial charge on any atom is -0.493 e. The Labute approximate surface area is 151 Å². The Morgan fingerprint density at radius 1 is 1.15 bits per heavy atom. The van der Waals surface area contributed by atoms with Gasteiger partial charge in [-0.05, 0) is 25.0 Å². The molecule has 2 N–H and O–H groups in total. The Morgan fingerprint density at radius 3 is 2.50 bits per heavy atom. The van der Waals surface area contributed by atoms with E-state index in [2.05, 4.69) is 10.6 Å². The van der Waals surface area contributed by atoms with Crippen molar-refractivity contribution in [2.75, 3.05) is 26.1 Å². The lowest BCUT2D eigenvalue weighted by Crippen LogP contribution is -2.48. The predicted octanol–water partition coefficient (Wildman–Crippen LogP) is 1.90. The molecule has 2 fully saturated rings. The van der Waals surface area contributed by atoms with Crippen LogP contribution in [0.5, 0.6) is 11.5 Å². The molecule has 1 spiro atoms. The molecule has 26 heavy (non-hydrogen) atoms. The van der Waals surface area contributed by atoms with Crippen molar-refractivity contribution in [3.05, 3.63) is 18.2 Å². The number of imide groups is 1. The summed E-state index contributed by atoms with van der Waals surface area (Å²) in [4.78, 5) is 38.2. The molecule has 2 aliphatic rings. The van der Waals surface area contributed by atoms with Crippen molar-refractivity contribution >= 4 is 23.5 Å². The van der Waals surface area contributed by atoms with Crippen molar-refractivity contribution in [1.82, 2.24) is 10.2 Å². The molecular weight excluding hydrogens is 338 g/mol. The van der Waals surface area contributed by atoms with E-state index in [1.807, 2.05) is 0 Å². The average molecular weight is 361 g/mol. The van der Waals surface area contributed by atoms with Crippen LogP contribution in [-0.2, 0) is 9.59 Å². The van der Waals surface area contributed by atoms with E-state index >= 15 is 0 Å². The van der Waals surface area contributed by atoms with Crippen LogP contribution in [0.1, 0.15) is 32.1 Å². The Balaban J connectivity index is 1.66. The number of methoxy groups -OCH3 is 2. The molecule has 0 aromatic heterocycles. The van der Waals surface area contributed by atoms with Gasteiger partial charge in [0.2, 0.25) is 5.91 Å². The third-order valence-electron chi connectivity index (χ3n) is 4.92. The van der Waals surface area contributed by atoms with Gasteiger partial charge in [-0.15, -0.1) is 0 Å². The second-order valence-electron chi connectivity index (χ2n) is 6.58. The van der Waals surface area contributed by atoms with Gasteiger partial charge in [0.25, 0.3) is 5.91 Å². The van der Waals surface area contributed by atoms with E-state index in [0.717, 1.165) is 24.2 Å². The summed E-state index contributed by atoms with van der Waals surface area (Å²) < 4.78 is 10.3. The summed E-state index contributed by atoms with van der Waals surface area (Å²) in [7, 11) is 3.02. The van der Waals surface area contributed by atoms with Crippen LogP contribution in [0.15, 0.2) is 18.2 Å². The number of nitrogens with zero attached hydrogens (tertiary/aromatic N) is 1. The van der Waals surface area contributed by atoms with E-state index in [1.165, 1.54) is 14.2 Å². The van der Waals surface area contributed by atoms with E-state index in [0.29, 0.717) is 30.0 Å². The van der Waals surface area contributed by atoms with E-state index in [-0.39, 0.29) is 12.5 Å². The molecule has 0 radical (unpaired) electrons. The molecule has 8 heteroatoms. The van der Waals surface area contributed by atoms with Crippen LogP contribution in [0.3, 0.4) is 0 Å². The minimum atomic E-state index is -0.820. The normalized spacial score (nSPS) is 18.6. The highest BCUT2D eigenvalue weighted by atomic mass is 16.5. The molecule has 3 rings (SSSR count). The Kier molecular flexibility index (Phi) is 5.01. The summed E-state index contributed by atoms with van der Waals surface area (Å²) in [6.07, 6.45) is 4.12. The van der Waals surface area contributed by atoms with Gasteiger partial charge in [-0.25, -0.2) is 4.79 Å². The van der Waals surface area contributed by atoms with E-state index in [1.54, 1.807) is 18.2 Å². The maximum absolute atomic E-state index is 12.7. The molecule has 1 aromatic rings. The fraction of sp³-hybridized carbons (Fsp3) is 0.500. The molecule has 140 valence electrons. The Hall–Kier alpha value is -2.77. The number of carbonyl (C=O) groups excluding carboxylic acids is 3. The minimum absolute atomic E-state index is 0.301. The second kappa shape index (κ2) is 7.23. The number of urea groups is 1. The van der Waals surface area contributed by atoms with Crippen LogP contribution in [0.4, 0.5) is 10.5 Å². The van der Waals surface area contributed by atoms with Crippen LogP contribution >= 0.6 is 0 Å². The first-order valence-corrected chi connectivity index (χ1v) is 8.65. The first-order chi connectivity index (χ1) is 12.5. The third kappa shape index (κ3) is 3.31. The standard InChI is InChI=1S/C18H23N3O5/c1-25-13-7-6-12(10-14(13)26-2)19-15(22)11-21-16(23)18(20-17(21)24)8-4-3-5-9-18/h6-7,10H,3-5,8-9,11H2,1-2H3,(H,19,22)(H,20,24). The van der Waals surface area contributed by atoms with E-state index in [4.69, 9.17) is 9.47 Å². The molecular formula is C18H23N3O5. The zero-order valence-electron chi connectivity index (χ0n) is 15.0. The number of hydrogen-bond donors (Lipinski definition) is 2. The van der Waals surface area contributed by atoms with Gasteiger partial charge in [0.05, 0.1) is 14.2 Å². The van der Waals surface area contributed by atoms with Crippen molar-refractivity contribution in [3.63, 3.8) is 0 Å². The van der Waals surface area contributed by atoms with Crippen LogP contribution in [0.2, 0.25) is 0 Å². The van der Waals surface area contributed by atoms with Crippen molar-refractivity contribution < 1.29 is 23.9 Å². The average Bonchev–Trinajstić information content (AvgIpc) is 2.86. The number of amides is 4. The van der Waals surface area contributed by atoms with Crippen molar-refractivity contribution in [2.24, 2.45) is 0 Å². The topological polar surface area (TPSA) is 97.0 Å². The number of ether oxygens (including phenoxy) is 2. The molecule has 8 nitrogen and oxygen atoms in total. The number of carbonyl (C=O) groups is 3. The summed E-state index contributed by atoms with van der Waals surface area (Å²) in [6, 6.07) is 4.44. The molecule has 1 aromatic carbocycles. The second-order valence-corrected chi connectivity index (χ2v) is 6.58. The number of hydrogen-bond acceptors (Lipinski definition) is 5. The highest BCUT2D eigenvalue weighted by Crippen LogP contribution is 2.34. The smallest absolute Gasteiger partial charge is 0.325 e. The fourth-order valence-corrected chi connectivity index (χ4v) is 3.57. The van der Waals surface area contributed by atoms with Crippen molar-refractivity contribution in [3.8, 4) is 11.5 Å². The molecule has 0 atom stereocenters. The molecule has 1 saturated carbocycles. The summed E-state index contributed by atoms with van der Waals surface area (Å²) in [6.45, 7) is -0.319. The first kappa shape index (κ1) is 18.0. The van der Waals surface area contributed by atoms with Crippen LogP contribution in [0.25, 0.3) is 0 Å². The molecule has 4 amide bonds. The number of anilines is 1. The highest BCUT2D eigenvalue weighted by molar-refractivity contribution is 6.10. The van der Waals surface area contributed by atoms with Gasteiger partial charge in [0, 0.05) is 11.8 Å². The number of benzene rings is 1. The lowest BCUT2D eigenvalue weighted by molar-refractivity contribution is -0.134. The summed E-state index contributed by atoms with van der Waals surface area (Å²) in [5.74, 6) is 0.263.